The first-order valence-corrected chi connectivity index (χ1v) is 5.97. The molecule has 16 heavy (non-hydrogen) atoms. The smallest absolute Gasteiger partial charge is 0.0635 e. The zero-order chi connectivity index (χ0) is 11.8. The minimum atomic E-state index is 0.612. The van der Waals surface area contributed by atoms with Crippen LogP contribution in [-0.4, -0.2) is 18.0 Å². The normalized spacial score (nSPS) is 10.4. The standard InChI is InChI=1S/C14H20N2/c1-3-13-6-8-14(9-7-13)12-16(4-2)11-5-10-15/h6-9H,3-5,11-12H2,1-2H3. The van der Waals surface area contributed by atoms with Crippen molar-refractivity contribution >= 4 is 0 Å². The van der Waals surface area contributed by atoms with E-state index in [4.69, 9.17) is 5.26 Å². The van der Waals surface area contributed by atoms with Gasteiger partial charge in [-0.05, 0) is 24.1 Å². The Hall–Kier alpha value is -1.33. The van der Waals surface area contributed by atoms with E-state index >= 15 is 0 Å². The summed E-state index contributed by atoms with van der Waals surface area (Å²) in [5.41, 5.74) is 2.71. The molecule has 2 nitrogen and oxygen atoms in total. The summed E-state index contributed by atoms with van der Waals surface area (Å²) >= 11 is 0. The molecule has 0 bridgehead atoms. The van der Waals surface area contributed by atoms with E-state index in [2.05, 4.69) is 49.1 Å². The summed E-state index contributed by atoms with van der Waals surface area (Å²) in [5, 5.41) is 8.57. The van der Waals surface area contributed by atoms with Gasteiger partial charge in [0.25, 0.3) is 0 Å². The summed E-state index contributed by atoms with van der Waals surface area (Å²) < 4.78 is 0. The zero-order valence-corrected chi connectivity index (χ0v) is 10.2. The van der Waals surface area contributed by atoms with Gasteiger partial charge in [0.1, 0.15) is 0 Å². The molecule has 0 aromatic heterocycles. The maximum atomic E-state index is 8.57. The highest BCUT2D eigenvalue weighted by molar-refractivity contribution is 5.22. The quantitative estimate of drug-likeness (QED) is 0.731. The molecule has 0 spiro atoms. The fourth-order valence-electron chi connectivity index (χ4n) is 1.70. The summed E-state index contributed by atoms with van der Waals surface area (Å²) in [7, 11) is 0. The van der Waals surface area contributed by atoms with Crippen molar-refractivity contribution in [2.45, 2.75) is 33.2 Å². The number of nitrogens with zero attached hydrogens (tertiary/aromatic N) is 2. The molecular weight excluding hydrogens is 196 g/mol. The van der Waals surface area contributed by atoms with Crippen LogP contribution in [0, 0.1) is 11.3 Å². The van der Waals surface area contributed by atoms with Crippen molar-refractivity contribution in [1.82, 2.24) is 4.90 Å². The highest BCUT2D eigenvalue weighted by Gasteiger charge is 2.02. The molecule has 1 aromatic carbocycles. The van der Waals surface area contributed by atoms with Crippen LogP contribution in [0.3, 0.4) is 0 Å². The molecule has 0 aliphatic rings. The fourth-order valence-corrected chi connectivity index (χ4v) is 1.70. The number of benzene rings is 1. The van der Waals surface area contributed by atoms with E-state index in [-0.39, 0.29) is 0 Å². The minimum absolute atomic E-state index is 0.612. The predicted molar refractivity (Wildman–Crippen MR) is 67.0 cm³/mol. The van der Waals surface area contributed by atoms with Gasteiger partial charge in [-0.3, -0.25) is 4.90 Å². The molecule has 0 saturated carbocycles. The summed E-state index contributed by atoms with van der Waals surface area (Å²) in [6.45, 7) is 7.11. The first-order valence-electron chi connectivity index (χ1n) is 5.97. The number of hydrogen-bond donors (Lipinski definition) is 0. The van der Waals surface area contributed by atoms with Crippen molar-refractivity contribution in [3.05, 3.63) is 35.4 Å². The minimum Gasteiger partial charge on any atom is -0.298 e. The molecule has 0 heterocycles. The number of hydrogen-bond acceptors (Lipinski definition) is 2. The Kier molecular flexibility index (Phi) is 5.60. The van der Waals surface area contributed by atoms with Gasteiger partial charge in [-0.1, -0.05) is 38.1 Å². The monoisotopic (exact) mass is 216 g/mol. The van der Waals surface area contributed by atoms with Crippen LogP contribution in [0.25, 0.3) is 0 Å². The molecule has 86 valence electrons. The second-order valence-corrected chi connectivity index (χ2v) is 3.95. The molecular formula is C14H20N2. The average molecular weight is 216 g/mol. The highest BCUT2D eigenvalue weighted by Crippen LogP contribution is 2.08. The lowest BCUT2D eigenvalue weighted by atomic mass is 10.1. The Morgan fingerprint density at radius 3 is 2.25 bits per heavy atom. The lowest BCUT2D eigenvalue weighted by Gasteiger charge is -2.18. The summed E-state index contributed by atoms with van der Waals surface area (Å²) in [6, 6.07) is 10.9. The molecule has 0 saturated heterocycles. The van der Waals surface area contributed by atoms with E-state index in [9.17, 15) is 0 Å². The third-order valence-corrected chi connectivity index (χ3v) is 2.82. The third kappa shape index (κ3) is 4.04. The largest absolute Gasteiger partial charge is 0.298 e. The van der Waals surface area contributed by atoms with Gasteiger partial charge in [-0.2, -0.15) is 5.26 Å². The Bertz CT molecular complexity index is 335. The Labute approximate surface area is 98.5 Å². The van der Waals surface area contributed by atoms with Gasteiger partial charge in [0.05, 0.1) is 6.07 Å². The lowest BCUT2D eigenvalue weighted by molar-refractivity contribution is 0.287. The van der Waals surface area contributed by atoms with Crippen molar-refractivity contribution in [2.24, 2.45) is 0 Å². The van der Waals surface area contributed by atoms with Crippen LogP contribution in [0.1, 0.15) is 31.4 Å². The van der Waals surface area contributed by atoms with Crippen molar-refractivity contribution < 1.29 is 0 Å². The first-order chi connectivity index (χ1) is 7.80. The highest BCUT2D eigenvalue weighted by atomic mass is 15.1. The molecule has 0 amide bonds. The summed E-state index contributed by atoms with van der Waals surface area (Å²) in [4.78, 5) is 2.30. The Morgan fingerprint density at radius 2 is 1.75 bits per heavy atom. The van der Waals surface area contributed by atoms with Gasteiger partial charge in [-0.25, -0.2) is 0 Å². The van der Waals surface area contributed by atoms with Gasteiger partial charge in [0.2, 0.25) is 0 Å². The Morgan fingerprint density at radius 1 is 1.12 bits per heavy atom. The molecule has 0 aliphatic heterocycles. The molecule has 0 radical (unpaired) electrons. The van der Waals surface area contributed by atoms with E-state index < -0.39 is 0 Å². The molecule has 0 N–H and O–H groups in total. The van der Waals surface area contributed by atoms with Gasteiger partial charge in [0, 0.05) is 19.5 Å². The van der Waals surface area contributed by atoms with Gasteiger partial charge in [-0.15, -0.1) is 0 Å². The van der Waals surface area contributed by atoms with Crippen molar-refractivity contribution in [3.63, 3.8) is 0 Å². The lowest BCUT2D eigenvalue weighted by Crippen LogP contribution is -2.23. The van der Waals surface area contributed by atoms with E-state index in [1.54, 1.807) is 0 Å². The van der Waals surface area contributed by atoms with Crippen LogP contribution >= 0.6 is 0 Å². The van der Waals surface area contributed by atoms with E-state index in [1.165, 1.54) is 11.1 Å². The molecule has 1 rings (SSSR count). The molecule has 0 atom stereocenters. The third-order valence-electron chi connectivity index (χ3n) is 2.82. The molecule has 1 aromatic rings. The zero-order valence-electron chi connectivity index (χ0n) is 10.2. The van der Waals surface area contributed by atoms with Crippen LogP contribution in [0.2, 0.25) is 0 Å². The first kappa shape index (κ1) is 12.7. The van der Waals surface area contributed by atoms with E-state index in [1.807, 2.05) is 0 Å². The second-order valence-electron chi connectivity index (χ2n) is 3.95. The van der Waals surface area contributed by atoms with Crippen LogP contribution < -0.4 is 0 Å². The van der Waals surface area contributed by atoms with E-state index in [0.717, 1.165) is 26.1 Å². The number of rotatable bonds is 6. The predicted octanol–water partition coefficient (Wildman–Crippen LogP) is 2.98. The maximum absolute atomic E-state index is 8.57. The van der Waals surface area contributed by atoms with Crippen molar-refractivity contribution in [2.75, 3.05) is 13.1 Å². The second kappa shape index (κ2) is 7.03. The van der Waals surface area contributed by atoms with Crippen LogP contribution in [0.5, 0.6) is 0 Å². The topological polar surface area (TPSA) is 27.0 Å². The number of nitriles is 1. The van der Waals surface area contributed by atoms with Gasteiger partial charge >= 0.3 is 0 Å². The maximum Gasteiger partial charge on any atom is 0.0635 e. The van der Waals surface area contributed by atoms with Crippen molar-refractivity contribution in [3.8, 4) is 6.07 Å². The van der Waals surface area contributed by atoms with Crippen LogP contribution in [0.15, 0.2) is 24.3 Å². The van der Waals surface area contributed by atoms with Crippen LogP contribution in [0.4, 0.5) is 0 Å². The molecule has 0 aliphatic carbocycles. The summed E-state index contributed by atoms with van der Waals surface area (Å²) in [6.07, 6.45) is 1.70. The van der Waals surface area contributed by atoms with Gasteiger partial charge in [0.15, 0.2) is 0 Å². The Balaban J connectivity index is 2.53. The molecule has 0 fully saturated rings. The summed E-state index contributed by atoms with van der Waals surface area (Å²) in [5.74, 6) is 0. The molecule has 2 heteroatoms. The SMILES string of the molecule is CCc1ccc(CN(CC)CCC#N)cc1. The van der Waals surface area contributed by atoms with Gasteiger partial charge < -0.3 is 0 Å². The van der Waals surface area contributed by atoms with Crippen LogP contribution in [-0.2, 0) is 13.0 Å². The molecule has 0 unspecified atom stereocenters. The fraction of sp³-hybridized carbons (Fsp3) is 0.500. The van der Waals surface area contributed by atoms with Crippen molar-refractivity contribution in [1.29, 1.82) is 5.26 Å². The number of aryl methyl sites for hydroxylation is 1. The van der Waals surface area contributed by atoms with E-state index in [0.29, 0.717) is 6.42 Å². The average Bonchev–Trinajstić information content (AvgIpc) is 2.35.